The molecule has 0 unspecified atom stereocenters. The molecule has 1 fully saturated rings. The van der Waals surface area contributed by atoms with Crippen LogP contribution in [0.1, 0.15) is 41.4 Å². The van der Waals surface area contributed by atoms with Gasteiger partial charge in [0.1, 0.15) is 17.8 Å². The number of rotatable bonds is 7. The van der Waals surface area contributed by atoms with Gasteiger partial charge in [-0.15, -0.1) is 0 Å². The van der Waals surface area contributed by atoms with E-state index < -0.39 is 6.10 Å². The van der Waals surface area contributed by atoms with E-state index in [0.29, 0.717) is 25.5 Å². The summed E-state index contributed by atoms with van der Waals surface area (Å²) >= 11 is 0. The Hall–Kier alpha value is -3.11. The van der Waals surface area contributed by atoms with Crippen LogP contribution < -0.4 is 10.6 Å². The van der Waals surface area contributed by atoms with Gasteiger partial charge in [0.2, 0.25) is 5.91 Å². The van der Waals surface area contributed by atoms with Crippen LogP contribution in [-0.2, 0) is 17.8 Å². The molecule has 0 aliphatic carbocycles. The van der Waals surface area contributed by atoms with Crippen molar-refractivity contribution < 1.29 is 14.7 Å². The standard InChI is InChI=1S/C23H31N7O3/c1-16(31)30-8-4-19(5-9-30)28-22-10-21(26-15-27-22)23(33)25-12-20(32)14-29-7-3-17-11-24-6-2-18(17)13-29/h2,6,10-11,15,19-20,32H,3-5,7-9,12-14H2,1H3,(H,25,33)(H,26,27,28)/t20-/m0/s1. The Morgan fingerprint density at radius 2 is 2.03 bits per heavy atom. The fourth-order valence-corrected chi connectivity index (χ4v) is 4.36. The fraction of sp³-hybridized carbons (Fsp3) is 0.522. The van der Waals surface area contributed by atoms with Crippen molar-refractivity contribution in [2.24, 2.45) is 0 Å². The van der Waals surface area contributed by atoms with E-state index in [1.165, 1.54) is 17.5 Å². The van der Waals surface area contributed by atoms with E-state index in [9.17, 15) is 14.7 Å². The van der Waals surface area contributed by atoms with Gasteiger partial charge in [-0.3, -0.25) is 19.5 Å². The second-order valence-electron chi connectivity index (χ2n) is 8.71. The lowest BCUT2D eigenvalue weighted by Crippen LogP contribution is -2.42. The maximum Gasteiger partial charge on any atom is 0.270 e. The van der Waals surface area contributed by atoms with Gasteiger partial charge >= 0.3 is 0 Å². The molecule has 0 saturated carbocycles. The molecule has 10 heteroatoms. The van der Waals surface area contributed by atoms with Crippen molar-refractivity contribution in [1.82, 2.24) is 30.1 Å². The second-order valence-corrected chi connectivity index (χ2v) is 8.71. The van der Waals surface area contributed by atoms with Crippen LogP contribution in [-0.4, -0.2) is 86.5 Å². The molecule has 2 amide bonds. The molecule has 10 nitrogen and oxygen atoms in total. The van der Waals surface area contributed by atoms with Gasteiger partial charge in [-0.2, -0.15) is 0 Å². The lowest BCUT2D eigenvalue weighted by atomic mass is 10.0. The normalized spacial score (nSPS) is 17.8. The molecule has 33 heavy (non-hydrogen) atoms. The molecule has 176 valence electrons. The van der Waals surface area contributed by atoms with Crippen LogP contribution in [0.15, 0.2) is 30.9 Å². The fourth-order valence-electron chi connectivity index (χ4n) is 4.36. The van der Waals surface area contributed by atoms with Crippen molar-refractivity contribution in [2.45, 2.75) is 44.9 Å². The number of amides is 2. The van der Waals surface area contributed by atoms with Crippen molar-refractivity contribution in [3.05, 3.63) is 47.7 Å². The molecule has 4 heterocycles. The number of carbonyl (C=O) groups is 2. The van der Waals surface area contributed by atoms with Gasteiger partial charge < -0.3 is 20.6 Å². The molecule has 0 spiro atoms. The van der Waals surface area contributed by atoms with E-state index in [0.717, 1.165) is 32.4 Å². The van der Waals surface area contributed by atoms with E-state index in [1.807, 2.05) is 17.2 Å². The first-order valence-electron chi connectivity index (χ1n) is 11.4. The van der Waals surface area contributed by atoms with Crippen LogP contribution in [0, 0.1) is 0 Å². The first-order valence-corrected chi connectivity index (χ1v) is 11.4. The van der Waals surface area contributed by atoms with Crippen LogP contribution >= 0.6 is 0 Å². The van der Waals surface area contributed by atoms with Crippen LogP contribution in [0.3, 0.4) is 0 Å². The number of piperidine rings is 1. The number of aliphatic hydroxyl groups excluding tert-OH is 1. The number of nitrogens with zero attached hydrogens (tertiary/aromatic N) is 5. The number of carbonyl (C=O) groups excluding carboxylic acids is 2. The maximum absolute atomic E-state index is 12.6. The number of nitrogens with one attached hydrogen (secondary N) is 2. The third kappa shape index (κ3) is 6.23. The average molecular weight is 454 g/mol. The van der Waals surface area contributed by atoms with E-state index in [4.69, 9.17) is 0 Å². The first-order chi connectivity index (χ1) is 16.0. The Labute approximate surface area is 193 Å². The number of β-amino-alcohol motifs (C(OH)–C–C–N with tert-alkyl or cyclic N) is 1. The van der Waals surface area contributed by atoms with Crippen molar-refractivity contribution >= 4 is 17.6 Å². The smallest absolute Gasteiger partial charge is 0.270 e. The zero-order valence-electron chi connectivity index (χ0n) is 18.9. The van der Waals surface area contributed by atoms with Gasteiger partial charge in [-0.25, -0.2) is 9.97 Å². The summed E-state index contributed by atoms with van der Waals surface area (Å²) in [5.41, 5.74) is 2.75. The third-order valence-corrected chi connectivity index (χ3v) is 6.26. The lowest BCUT2D eigenvalue weighted by molar-refractivity contribution is -0.129. The monoisotopic (exact) mass is 453 g/mol. The van der Waals surface area contributed by atoms with Gasteiger partial charge in [-0.1, -0.05) is 0 Å². The van der Waals surface area contributed by atoms with Crippen LogP contribution in [0.25, 0.3) is 0 Å². The molecule has 2 aliphatic rings. The Morgan fingerprint density at radius 1 is 1.21 bits per heavy atom. The number of pyridine rings is 1. The minimum Gasteiger partial charge on any atom is -0.390 e. The third-order valence-electron chi connectivity index (χ3n) is 6.26. The van der Waals surface area contributed by atoms with Crippen LogP contribution in [0.5, 0.6) is 0 Å². The van der Waals surface area contributed by atoms with Gasteiger partial charge in [0, 0.05) is 70.7 Å². The predicted molar refractivity (Wildman–Crippen MR) is 122 cm³/mol. The number of aromatic nitrogens is 3. The number of hydrogen-bond donors (Lipinski definition) is 3. The summed E-state index contributed by atoms with van der Waals surface area (Å²) in [6.07, 6.45) is 6.94. The highest BCUT2D eigenvalue weighted by Gasteiger charge is 2.22. The lowest BCUT2D eigenvalue weighted by Gasteiger charge is -2.31. The quantitative estimate of drug-likeness (QED) is 0.552. The topological polar surface area (TPSA) is 124 Å². The second kappa shape index (κ2) is 10.7. The predicted octanol–water partition coefficient (Wildman–Crippen LogP) is 0.443. The van der Waals surface area contributed by atoms with Crippen molar-refractivity contribution in [3.63, 3.8) is 0 Å². The maximum atomic E-state index is 12.6. The minimum atomic E-state index is -0.678. The summed E-state index contributed by atoms with van der Waals surface area (Å²) in [4.78, 5) is 40.5. The Balaban J connectivity index is 1.23. The summed E-state index contributed by atoms with van der Waals surface area (Å²) in [7, 11) is 0. The van der Waals surface area contributed by atoms with E-state index in [2.05, 4.69) is 30.5 Å². The van der Waals surface area contributed by atoms with E-state index in [1.54, 1.807) is 19.2 Å². The van der Waals surface area contributed by atoms with Gasteiger partial charge in [0.05, 0.1) is 6.10 Å². The van der Waals surface area contributed by atoms with Crippen LogP contribution in [0.4, 0.5) is 5.82 Å². The van der Waals surface area contributed by atoms with E-state index >= 15 is 0 Å². The molecular weight excluding hydrogens is 422 g/mol. The molecule has 2 aliphatic heterocycles. The summed E-state index contributed by atoms with van der Waals surface area (Å²) in [6.45, 7) is 5.27. The number of anilines is 1. The van der Waals surface area contributed by atoms with Crippen LogP contribution in [0.2, 0.25) is 0 Å². The molecule has 0 radical (unpaired) electrons. The Kier molecular flexibility index (Phi) is 7.46. The first kappa shape index (κ1) is 23.1. The molecule has 3 N–H and O–H groups in total. The summed E-state index contributed by atoms with van der Waals surface area (Å²) in [5.74, 6) is 0.332. The molecule has 0 aromatic carbocycles. The Morgan fingerprint density at radius 3 is 2.82 bits per heavy atom. The zero-order chi connectivity index (χ0) is 23.2. The molecule has 2 aromatic rings. The number of hydrogen-bond acceptors (Lipinski definition) is 8. The van der Waals surface area contributed by atoms with E-state index in [-0.39, 0.29) is 30.1 Å². The van der Waals surface area contributed by atoms with Crippen molar-refractivity contribution in [2.75, 3.05) is 38.0 Å². The summed E-state index contributed by atoms with van der Waals surface area (Å²) in [6, 6.07) is 3.83. The number of likely N-dealkylation sites (tertiary alicyclic amines) is 1. The van der Waals surface area contributed by atoms with Gasteiger partial charge in [0.25, 0.3) is 5.91 Å². The highest BCUT2D eigenvalue weighted by molar-refractivity contribution is 5.92. The molecule has 1 saturated heterocycles. The minimum absolute atomic E-state index is 0.0963. The number of aliphatic hydroxyl groups is 1. The summed E-state index contributed by atoms with van der Waals surface area (Å²) in [5, 5.41) is 16.5. The molecule has 4 rings (SSSR count). The largest absolute Gasteiger partial charge is 0.390 e. The van der Waals surface area contributed by atoms with Gasteiger partial charge in [-0.05, 0) is 36.5 Å². The van der Waals surface area contributed by atoms with Crippen molar-refractivity contribution in [3.8, 4) is 0 Å². The highest BCUT2D eigenvalue weighted by Crippen LogP contribution is 2.18. The summed E-state index contributed by atoms with van der Waals surface area (Å²) < 4.78 is 0. The zero-order valence-corrected chi connectivity index (χ0v) is 18.9. The van der Waals surface area contributed by atoms with Crippen molar-refractivity contribution in [1.29, 1.82) is 0 Å². The highest BCUT2D eigenvalue weighted by atomic mass is 16.3. The van der Waals surface area contributed by atoms with Gasteiger partial charge in [0.15, 0.2) is 0 Å². The average Bonchev–Trinajstić information content (AvgIpc) is 2.83. The molecule has 0 bridgehead atoms. The molecular formula is C23H31N7O3. The molecule has 1 atom stereocenters. The Bertz CT molecular complexity index is 978. The number of fused-ring (bicyclic) bond motifs is 1. The molecule has 2 aromatic heterocycles. The SMILES string of the molecule is CC(=O)N1CCC(Nc2cc(C(=O)NC[C@H](O)CN3CCc4cnccc4C3)ncn2)CC1.